The highest BCUT2D eigenvalue weighted by molar-refractivity contribution is 7.53. The third-order valence-corrected chi connectivity index (χ3v) is 8.70. The molecular weight excluding hydrogens is 559 g/mol. The quantitative estimate of drug-likeness (QED) is 0.103. The SMILES string of the molecule is Nc1ncnc2c1ncn2[C@@H]1O[C@H](CO)[C@@H](O)[C@H]1P(=O)(O)OC[C@H]1O[C@@H](n2cnc3c(=O)[nH]nnc32)[C@H](O)[C@@H]1O. The molecule has 2 aliphatic rings. The molecule has 0 amide bonds. The Morgan fingerprint density at radius 2 is 1.68 bits per heavy atom. The molecule has 214 valence electrons. The van der Waals surface area contributed by atoms with Gasteiger partial charge in [-0.1, -0.05) is 5.21 Å². The molecule has 40 heavy (non-hydrogen) atoms. The van der Waals surface area contributed by atoms with Crippen LogP contribution in [0.3, 0.4) is 0 Å². The molecule has 2 fully saturated rings. The van der Waals surface area contributed by atoms with Gasteiger partial charge in [-0.25, -0.2) is 25.0 Å². The lowest BCUT2D eigenvalue weighted by atomic mass is 10.1. The minimum absolute atomic E-state index is 0.0319. The van der Waals surface area contributed by atoms with Crippen LogP contribution in [0.25, 0.3) is 22.3 Å². The van der Waals surface area contributed by atoms with E-state index in [9.17, 15) is 34.7 Å². The first-order valence-corrected chi connectivity index (χ1v) is 13.4. The molecule has 6 heterocycles. The average Bonchev–Trinajstić information content (AvgIpc) is 3.68. The standard InChI is InChI=1S/C19H23N10O10P/c20-14-8-15(22-3-21-14)28(4-23-8)19-13(11(32)6(1-30)38-19)40(35,36)37-2-7-10(31)12(33)18(39-7)29-5-24-9-16(29)25-27-26-17(9)34/h3-7,10-13,18-19,30-33H,1-2H2,(H,35,36)(H2,20,21,22)(H,25,26,34)/t6-,7-,10-,11-,12-,13-,18-,19-/m1/s1. The van der Waals surface area contributed by atoms with Crippen LogP contribution in [0.2, 0.25) is 0 Å². The third kappa shape index (κ3) is 4.17. The lowest BCUT2D eigenvalue weighted by Crippen LogP contribution is -2.36. The van der Waals surface area contributed by atoms with Crippen LogP contribution in [-0.2, 0) is 18.6 Å². The lowest BCUT2D eigenvalue weighted by molar-refractivity contribution is -0.0497. The molecule has 0 spiro atoms. The first-order valence-electron chi connectivity index (χ1n) is 11.8. The Balaban J connectivity index is 1.24. The second-order valence-electron chi connectivity index (χ2n) is 9.18. The van der Waals surface area contributed by atoms with Gasteiger partial charge in [-0.3, -0.25) is 18.5 Å². The number of fused-ring (bicyclic) bond motifs is 2. The molecule has 0 aromatic carbocycles. The number of H-pyrrole nitrogens is 1. The van der Waals surface area contributed by atoms with Gasteiger partial charge in [0.1, 0.15) is 48.0 Å². The van der Waals surface area contributed by atoms with Gasteiger partial charge in [-0.2, -0.15) is 0 Å². The topological polar surface area (TPSA) is 292 Å². The first-order chi connectivity index (χ1) is 19.1. The number of aromatic amines is 1. The van der Waals surface area contributed by atoms with Gasteiger partial charge in [-0.05, 0) is 0 Å². The Bertz CT molecular complexity index is 1660. The van der Waals surface area contributed by atoms with Crippen LogP contribution in [-0.4, -0.2) is 119 Å². The maximum Gasteiger partial charge on any atom is 0.338 e. The summed E-state index contributed by atoms with van der Waals surface area (Å²) in [6.45, 7) is -1.39. The molecular formula is C19H23N10O10P. The zero-order valence-electron chi connectivity index (χ0n) is 20.1. The molecule has 0 saturated carbocycles. The third-order valence-electron chi connectivity index (χ3n) is 6.87. The Morgan fingerprint density at radius 1 is 0.975 bits per heavy atom. The molecule has 0 bridgehead atoms. The minimum atomic E-state index is -4.83. The highest BCUT2D eigenvalue weighted by Gasteiger charge is 2.55. The summed E-state index contributed by atoms with van der Waals surface area (Å²) in [5.41, 5.74) is 3.75. The number of aromatic nitrogens is 9. The maximum atomic E-state index is 13.5. The molecule has 6 rings (SSSR count). The van der Waals surface area contributed by atoms with Gasteiger partial charge >= 0.3 is 7.60 Å². The van der Waals surface area contributed by atoms with E-state index in [2.05, 4.69) is 35.3 Å². The Labute approximate surface area is 221 Å². The highest BCUT2D eigenvalue weighted by Crippen LogP contribution is 2.57. The molecule has 2 saturated heterocycles. The van der Waals surface area contributed by atoms with Crippen LogP contribution in [0.5, 0.6) is 0 Å². The Morgan fingerprint density at radius 3 is 2.42 bits per heavy atom. The molecule has 4 aromatic heterocycles. The second-order valence-corrected chi connectivity index (χ2v) is 11.2. The van der Waals surface area contributed by atoms with Gasteiger partial charge < -0.3 is 45.1 Å². The van der Waals surface area contributed by atoms with E-state index in [1.165, 1.54) is 15.5 Å². The Hall–Kier alpha value is -3.46. The average molecular weight is 582 g/mol. The zero-order valence-corrected chi connectivity index (χ0v) is 21.0. The fourth-order valence-electron chi connectivity index (χ4n) is 4.85. The van der Waals surface area contributed by atoms with Crippen LogP contribution in [0.1, 0.15) is 12.5 Å². The summed E-state index contributed by atoms with van der Waals surface area (Å²) in [7, 11) is -4.83. The molecule has 4 aromatic rings. The largest absolute Gasteiger partial charge is 0.394 e. The van der Waals surface area contributed by atoms with Gasteiger partial charge in [0.25, 0.3) is 5.56 Å². The number of ether oxygens (including phenoxy) is 2. The van der Waals surface area contributed by atoms with Crippen LogP contribution >= 0.6 is 7.60 Å². The zero-order chi connectivity index (χ0) is 28.3. The predicted molar refractivity (Wildman–Crippen MR) is 128 cm³/mol. The van der Waals surface area contributed by atoms with Crippen molar-refractivity contribution >= 4 is 35.7 Å². The molecule has 1 unspecified atom stereocenters. The predicted octanol–water partition coefficient (Wildman–Crippen LogP) is -3.62. The van der Waals surface area contributed by atoms with Crippen molar-refractivity contribution in [1.82, 2.24) is 44.5 Å². The first kappa shape index (κ1) is 26.7. The number of nitrogen functional groups attached to an aromatic ring is 1. The van der Waals surface area contributed by atoms with Gasteiger partial charge in [-0.15, -0.1) is 5.10 Å². The van der Waals surface area contributed by atoms with Crippen molar-refractivity contribution in [2.45, 2.75) is 48.6 Å². The van der Waals surface area contributed by atoms with Crippen LogP contribution in [0.15, 0.2) is 23.8 Å². The maximum absolute atomic E-state index is 13.5. The van der Waals surface area contributed by atoms with E-state index in [4.69, 9.17) is 19.7 Å². The summed E-state index contributed by atoms with van der Waals surface area (Å²) in [5, 5.41) is 51.0. The summed E-state index contributed by atoms with van der Waals surface area (Å²) in [6.07, 6.45) is -6.54. The molecule has 0 radical (unpaired) electrons. The summed E-state index contributed by atoms with van der Waals surface area (Å²) in [5.74, 6) is 0.0442. The molecule has 9 atom stereocenters. The van der Waals surface area contributed by atoms with Crippen molar-refractivity contribution in [3.63, 3.8) is 0 Å². The van der Waals surface area contributed by atoms with E-state index in [1.54, 1.807) is 0 Å². The number of hydrogen-bond donors (Lipinski definition) is 7. The van der Waals surface area contributed by atoms with Crippen molar-refractivity contribution in [3.8, 4) is 0 Å². The van der Waals surface area contributed by atoms with E-state index < -0.39 is 75.0 Å². The van der Waals surface area contributed by atoms with Gasteiger partial charge in [0.05, 0.1) is 25.9 Å². The Kier molecular flexibility index (Phi) is 6.60. The van der Waals surface area contributed by atoms with Crippen molar-refractivity contribution < 1.29 is 43.9 Å². The van der Waals surface area contributed by atoms with E-state index in [0.717, 1.165) is 12.7 Å². The van der Waals surface area contributed by atoms with Crippen molar-refractivity contribution in [1.29, 1.82) is 0 Å². The number of rotatable bonds is 7. The lowest BCUT2D eigenvalue weighted by Gasteiger charge is -2.27. The van der Waals surface area contributed by atoms with Crippen molar-refractivity contribution in [3.05, 3.63) is 29.3 Å². The summed E-state index contributed by atoms with van der Waals surface area (Å²) in [4.78, 5) is 38.8. The highest BCUT2D eigenvalue weighted by atomic mass is 31.2. The smallest absolute Gasteiger partial charge is 0.338 e. The van der Waals surface area contributed by atoms with Gasteiger partial charge in [0.2, 0.25) is 0 Å². The van der Waals surface area contributed by atoms with E-state index in [1.807, 2.05) is 0 Å². The van der Waals surface area contributed by atoms with Crippen molar-refractivity contribution in [2.75, 3.05) is 18.9 Å². The molecule has 0 aliphatic carbocycles. The number of anilines is 1. The number of aliphatic hydroxyl groups is 4. The van der Waals surface area contributed by atoms with Gasteiger partial charge in [0, 0.05) is 0 Å². The monoisotopic (exact) mass is 582 g/mol. The van der Waals surface area contributed by atoms with Gasteiger partial charge in [0.15, 0.2) is 35.1 Å². The molecule has 20 nitrogen and oxygen atoms in total. The second kappa shape index (κ2) is 9.87. The summed E-state index contributed by atoms with van der Waals surface area (Å²) < 4.78 is 32.6. The number of imidazole rings is 2. The minimum Gasteiger partial charge on any atom is -0.394 e. The number of hydrogen-bond acceptors (Lipinski definition) is 16. The van der Waals surface area contributed by atoms with Crippen LogP contribution < -0.4 is 11.3 Å². The number of nitrogens with two attached hydrogens (primary N) is 1. The molecule has 8 N–H and O–H groups in total. The fourth-order valence-corrected chi connectivity index (χ4v) is 6.50. The number of aliphatic hydroxyl groups excluding tert-OH is 4. The normalized spacial score (nSPS) is 32.2. The van der Waals surface area contributed by atoms with E-state index in [0.29, 0.717) is 0 Å². The summed E-state index contributed by atoms with van der Waals surface area (Å²) >= 11 is 0. The van der Waals surface area contributed by atoms with E-state index >= 15 is 0 Å². The molecule has 21 heteroatoms. The number of nitrogens with zero attached hydrogens (tertiary/aromatic N) is 8. The molecule has 2 aliphatic heterocycles. The van der Waals surface area contributed by atoms with Crippen LogP contribution in [0, 0.1) is 0 Å². The number of nitrogens with one attached hydrogen (secondary N) is 1. The van der Waals surface area contributed by atoms with Crippen LogP contribution in [0.4, 0.5) is 5.82 Å². The van der Waals surface area contributed by atoms with Crippen molar-refractivity contribution in [2.24, 2.45) is 0 Å². The van der Waals surface area contributed by atoms with E-state index in [-0.39, 0.29) is 28.1 Å². The summed E-state index contributed by atoms with van der Waals surface area (Å²) in [6, 6.07) is 0. The fraction of sp³-hybridized carbons (Fsp3) is 0.526.